The molecule has 0 fully saturated rings. The Morgan fingerprint density at radius 1 is 0.571 bits per heavy atom. The molecule has 0 aromatic heterocycles. The van der Waals surface area contributed by atoms with Crippen molar-refractivity contribution >= 4 is 0 Å². The average Bonchev–Trinajstić information content (AvgIpc) is 0.592. The first-order chi connectivity index (χ1) is 2.45. The maximum absolute atomic E-state index is 5.06. The molecule has 0 saturated carbocycles. The van der Waals surface area contributed by atoms with E-state index in [1.165, 1.54) is 0 Å². The molecule has 0 saturated heterocycles. The molecule has 0 aliphatic carbocycles. The van der Waals surface area contributed by atoms with Crippen molar-refractivity contribution in [3.05, 3.63) is 0 Å². The molecule has 6 nitrogen and oxygen atoms in total. The van der Waals surface area contributed by atoms with Crippen molar-refractivity contribution in [1.29, 1.82) is 0 Å². The molecule has 47 valence electrons. The molecular weight excluding hydrogens is 135 g/mol. The van der Waals surface area contributed by atoms with Crippen LogP contribution in [0, 0.1) is 0 Å². The van der Waals surface area contributed by atoms with E-state index in [0.717, 1.165) is 0 Å². The Labute approximate surface area is 41.4 Å². The topological polar surface area (TPSA) is 156 Å². The number of hydrogen-bond donors (Lipinski definition) is 6. The molecule has 0 spiro atoms. The zero-order valence-corrected chi connectivity index (χ0v) is 5.31. The minimum atomic E-state index is -5.06. The molecule has 0 heterocycles. The summed E-state index contributed by atoms with van der Waals surface area (Å²) in [6.07, 6.45) is 0. The Kier molecular flexibility index (Phi) is 0.808. The van der Waals surface area contributed by atoms with Gasteiger partial charge in [0.15, 0.2) is 0 Å². The van der Waals surface area contributed by atoms with Gasteiger partial charge in [-0.3, -0.25) is 0 Å². The van der Waals surface area contributed by atoms with Crippen LogP contribution in [0.25, 0.3) is 0 Å². The summed E-state index contributed by atoms with van der Waals surface area (Å²) in [5.41, 5.74) is 0. The van der Waals surface area contributed by atoms with Crippen LogP contribution in [0.15, 0.2) is 0 Å². The predicted molar refractivity (Wildman–Crippen MR) is 25.1 cm³/mol. The van der Waals surface area contributed by atoms with Gasteiger partial charge in [0.25, 0.3) is 0 Å². The van der Waals surface area contributed by atoms with Gasteiger partial charge < -0.3 is 0 Å². The molecule has 0 atom stereocenters. The van der Waals surface area contributed by atoms with Gasteiger partial charge in [0.05, 0.1) is 0 Å². The van der Waals surface area contributed by atoms with Crippen LogP contribution in [0.3, 0.4) is 0 Å². The molecule has 7 heavy (non-hydrogen) atoms. The van der Waals surface area contributed by atoms with Gasteiger partial charge in [-0.2, -0.15) is 0 Å². The number of hydrogen-bond acceptors (Lipinski definition) is 6. The molecule has 0 radical (unpaired) electrons. The Morgan fingerprint density at radius 3 is 0.571 bits per heavy atom. The molecule has 0 aromatic rings. The third-order valence-electron chi connectivity index (χ3n) is 0. The average molecular weight is 147 g/mol. The van der Waals surface area contributed by atoms with Crippen molar-refractivity contribution in [3.8, 4) is 0 Å². The normalized spacial score (nSPS) is 23.1. The van der Waals surface area contributed by atoms with E-state index in [0.29, 0.717) is 0 Å². The molecule has 0 unspecified atom stereocenters. The summed E-state index contributed by atoms with van der Waals surface area (Å²) in [5, 5.41) is 0. The first-order valence-corrected chi connectivity index (χ1v) is 6.39. The van der Waals surface area contributed by atoms with Crippen LogP contribution in [-0.2, 0) is 13.2 Å². The van der Waals surface area contributed by atoms with Crippen molar-refractivity contribution in [2.24, 2.45) is 27.5 Å². The number of rotatable bonds is 0. The Morgan fingerprint density at radius 2 is 0.571 bits per heavy atom. The fourth-order valence-corrected chi connectivity index (χ4v) is 0. The molecule has 0 bridgehead atoms. The van der Waals surface area contributed by atoms with Gasteiger partial charge in [0.2, 0.25) is 0 Å². The van der Waals surface area contributed by atoms with Gasteiger partial charge in [-0.05, 0) is 0 Å². The van der Waals surface area contributed by atoms with Crippen molar-refractivity contribution < 1.29 is 13.2 Å². The second-order valence-electron chi connectivity index (χ2n) is 2.24. The van der Waals surface area contributed by atoms with Crippen LogP contribution < -0.4 is 27.5 Å². The summed E-state index contributed by atoms with van der Waals surface area (Å²) in [5.74, 6) is 0. The summed E-state index contributed by atoms with van der Waals surface area (Å²) in [6, 6.07) is 0. The second kappa shape index (κ2) is 0.770. The van der Waals surface area contributed by atoms with Crippen LogP contribution in [0.1, 0.15) is 0 Å². The molecule has 0 rings (SSSR count). The van der Waals surface area contributed by atoms with Gasteiger partial charge in [0.1, 0.15) is 0 Å². The fourth-order valence-electron chi connectivity index (χ4n) is 0. The summed E-state index contributed by atoms with van der Waals surface area (Å²) in [4.78, 5) is 0. The zero-order valence-electron chi connectivity index (χ0n) is 3.91. The van der Waals surface area contributed by atoms with E-state index in [9.17, 15) is 0 Å². The van der Waals surface area contributed by atoms with E-state index in [1.807, 2.05) is 0 Å². The molecule has 0 aliphatic heterocycles. The summed E-state index contributed by atoms with van der Waals surface area (Å²) >= 11 is -5.06. The first-order valence-electron chi connectivity index (χ1n) is 1.55. The molecule has 0 aromatic carbocycles. The molecule has 0 aliphatic rings. The summed E-state index contributed by atoms with van der Waals surface area (Å²) in [6.45, 7) is 0. The van der Waals surface area contributed by atoms with Crippen LogP contribution in [0.5, 0.6) is 0 Å². The predicted octanol–water partition coefficient (Wildman–Crippen LogP) is -3.55. The van der Waals surface area contributed by atoms with Crippen LogP contribution >= 0.6 is 0 Å². The quantitative estimate of drug-likeness (QED) is 0.208. The Bertz CT molecular complexity index is 62.7. The Hall–Kier alpha value is 0.344. The molecule has 12 N–H and O–H groups in total. The molecule has 0 amide bonds. The van der Waals surface area contributed by atoms with Gasteiger partial charge in [0, 0.05) is 0 Å². The zero-order chi connectivity index (χ0) is 6.41. The van der Waals surface area contributed by atoms with Crippen LogP contribution in [0.4, 0.5) is 0 Å². The summed E-state index contributed by atoms with van der Waals surface area (Å²) in [7, 11) is 0. The number of nitrogens with two attached hydrogens (primary N) is 6. The third-order valence-corrected chi connectivity index (χ3v) is 0. The Balaban J connectivity index is 4.43. The van der Waals surface area contributed by atoms with E-state index >= 15 is 0 Å². The standard InChI is InChI=1S/6H2N.V/h6*1H2;/q6*-1;+6. The van der Waals surface area contributed by atoms with E-state index in [2.05, 4.69) is 0 Å². The monoisotopic (exact) mass is 147 g/mol. The van der Waals surface area contributed by atoms with Gasteiger partial charge in [-0.1, -0.05) is 0 Å². The van der Waals surface area contributed by atoms with Gasteiger partial charge in [-0.15, -0.1) is 0 Å². The molecular formula is H12N6V. The van der Waals surface area contributed by atoms with E-state index in [-0.39, 0.29) is 0 Å². The van der Waals surface area contributed by atoms with Gasteiger partial charge in [-0.25, -0.2) is 0 Å². The maximum atomic E-state index is 4.91. The van der Waals surface area contributed by atoms with Crippen LogP contribution in [-0.4, -0.2) is 0 Å². The SMILES string of the molecule is [NH2][V]([NH2])([NH2])([NH2])([NH2])[NH2]. The minimum absolute atomic E-state index is 4.91. The second-order valence-corrected chi connectivity index (χ2v) is 9.22. The van der Waals surface area contributed by atoms with Crippen molar-refractivity contribution in [2.75, 3.05) is 0 Å². The van der Waals surface area contributed by atoms with E-state index < -0.39 is 13.2 Å². The van der Waals surface area contributed by atoms with Crippen molar-refractivity contribution in [3.63, 3.8) is 0 Å². The van der Waals surface area contributed by atoms with E-state index in [4.69, 9.17) is 27.5 Å². The fraction of sp³-hybridized carbons (Fsp3) is 0. The van der Waals surface area contributed by atoms with Crippen molar-refractivity contribution in [1.82, 2.24) is 0 Å². The van der Waals surface area contributed by atoms with Gasteiger partial charge >= 0.3 is 40.6 Å². The van der Waals surface area contributed by atoms with Crippen molar-refractivity contribution in [2.45, 2.75) is 0 Å². The van der Waals surface area contributed by atoms with Crippen LogP contribution in [0.2, 0.25) is 0 Å². The first kappa shape index (κ1) is 7.34. The summed E-state index contributed by atoms with van der Waals surface area (Å²) < 4.78 is 29.4. The third kappa shape index (κ3) is 1010. The molecule has 7 heteroatoms. The van der Waals surface area contributed by atoms with E-state index in [1.54, 1.807) is 0 Å².